The molecule has 1 N–H and O–H groups in total. The van der Waals surface area contributed by atoms with Crippen molar-refractivity contribution in [2.45, 2.75) is 27.2 Å². The number of H-pyrrole nitrogens is 1. The van der Waals surface area contributed by atoms with Gasteiger partial charge in [-0.2, -0.15) is 0 Å². The van der Waals surface area contributed by atoms with E-state index in [-0.39, 0.29) is 36.7 Å². The smallest absolute Gasteiger partial charge is 0.357 e. The maximum absolute atomic E-state index is 11.8. The molecule has 0 aliphatic carbocycles. The molecule has 1 aromatic heterocycles. The molecule has 104 valence electrons. The molecule has 7 nitrogen and oxygen atoms in total. The second-order valence-electron chi connectivity index (χ2n) is 3.68. The van der Waals surface area contributed by atoms with Gasteiger partial charge in [0.05, 0.1) is 25.2 Å². The van der Waals surface area contributed by atoms with E-state index < -0.39 is 17.5 Å². The fraction of sp³-hybridized carbons (Fsp3) is 0.500. The van der Waals surface area contributed by atoms with E-state index in [9.17, 15) is 14.4 Å². The maximum Gasteiger partial charge on any atom is 0.357 e. The van der Waals surface area contributed by atoms with Crippen LogP contribution in [-0.2, 0) is 20.7 Å². The Morgan fingerprint density at radius 1 is 1.21 bits per heavy atom. The Morgan fingerprint density at radius 2 is 1.84 bits per heavy atom. The first-order valence-corrected chi connectivity index (χ1v) is 5.92. The molecular formula is C12H16N2O5. The number of ether oxygens (including phenoxy) is 2. The van der Waals surface area contributed by atoms with Crippen LogP contribution in [0.2, 0.25) is 0 Å². The summed E-state index contributed by atoms with van der Waals surface area (Å²) in [5, 5.41) is 0. The van der Waals surface area contributed by atoms with Gasteiger partial charge in [0.15, 0.2) is 5.69 Å². The monoisotopic (exact) mass is 268 g/mol. The molecule has 0 spiro atoms. The van der Waals surface area contributed by atoms with Crippen molar-refractivity contribution in [3.8, 4) is 0 Å². The normalized spacial score (nSPS) is 10.1. The Bertz CT molecular complexity index is 535. The first-order chi connectivity index (χ1) is 8.99. The minimum atomic E-state index is -0.726. The molecule has 0 amide bonds. The Kier molecular flexibility index (Phi) is 5.23. The Hall–Kier alpha value is -2.18. The molecule has 0 aliphatic heterocycles. The van der Waals surface area contributed by atoms with Crippen molar-refractivity contribution in [1.82, 2.24) is 9.97 Å². The van der Waals surface area contributed by atoms with Gasteiger partial charge < -0.3 is 14.5 Å². The number of aryl methyl sites for hydroxylation is 1. The minimum Gasteiger partial charge on any atom is -0.466 e. The summed E-state index contributed by atoms with van der Waals surface area (Å²) in [6, 6.07) is 0. The third-order valence-corrected chi connectivity index (χ3v) is 2.23. The zero-order valence-corrected chi connectivity index (χ0v) is 11.1. The molecule has 7 heteroatoms. The van der Waals surface area contributed by atoms with E-state index in [1.165, 1.54) is 6.92 Å². The Labute approximate surface area is 110 Å². The zero-order chi connectivity index (χ0) is 14.4. The van der Waals surface area contributed by atoms with Crippen molar-refractivity contribution in [1.29, 1.82) is 0 Å². The number of aromatic amines is 1. The molecule has 0 atom stereocenters. The zero-order valence-electron chi connectivity index (χ0n) is 11.1. The van der Waals surface area contributed by atoms with Crippen molar-refractivity contribution in [2.75, 3.05) is 13.2 Å². The van der Waals surface area contributed by atoms with Crippen LogP contribution in [-0.4, -0.2) is 35.1 Å². The number of hydrogen-bond acceptors (Lipinski definition) is 6. The molecule has 0 saturated carbocycles. The van der Waals surface area contributed by atoms with E-state index in [1.807, 2.05) is 0 Å². The first-order valence-electron chi connectivity index (χ1n) is 5.92. The van der Waals surface area contributed by atoms with Crippen molar-refractivity contribution >= 4 is 11.9 Å². The summed E-state index contributed by atoms with van der Waals surface area (Å²) in [5.74, 6) is -1.04. The lowest BCUT2D eigenvalue weighted by molar-refractivity contribution is -0.142. The molecule has 0 fully saturated rings. The molecule has 1 heterocycles. The lowest BCUT2D eigenvalue weighted by Gasteiger charge is -2.07. The van der Waals surface area contributed by atoms with Gasteiger partial charge in [-0.3, -0.25) is 9.59 Å². The van der Waals surface area contributed by atoms with Crippen LogP contribution in [0.3, 0.4) is 0 Å². The number of hydrogen-bond donors (Lipinski definition) is 1. The van der Waals surface area contributed by atoms with Crippen molar-refractivity contribution in [3.05, 3.63) is 27.4 Å². The summed E-state index contributed by atoms with van der Waals surface area (Å²) in [4.78, 5) is 41.3. The highest BCUT2D eigenvalue weighted by molar-refractivity contribution is 5.90. The highest BCUT2D eigenvalue weighted by Crippen LogP contribution is 2.05. The second-order valence-corrected chi connectivity index (χ2v) is 3.68. The number of esters is 2. The van der Waals surface area contributed by atoms with E-state index >= 15 is 0 Å². The van der Waals surface area contributed by atoms with E-state index in [4.69, 9.17) is 9.47 Å². The van der Waals surface area contributed by atoms with Gasteiger partial charge in [0.25, 0.3) is 5.56 Å². The summed E-state index contributed by atoms with van der Waals surface area (Å²) >= 11 is 0. The van der Waals surface area contributed by atoms with E-state index in [2.05, 4.69) is 9.97 Å². The van der Waals surface area contributed by atoms with Gasteiger partial charge in [-0.15, -0.1) is 0 Å². The quantitative estimate of drug-likeness (QED) is 0.774. The Morgan fingerprint density at radius 3 is 2.42 bits per heavy atom. The molecule has 1 aromatic rings. The molecule has 0 saturated heterocycles. The number of aromatic nitrogens is 2. The summed E-state index contributed by atoms with van der Waals surface area (Å²) in [7, 11) is 0. The van der Waals surface area contributed by atoms with Crippen LogP contribution in [0.15, 0.2) is 4.79 Å². The lowest BCUT2D eigenvalue weighted by Crippen LogP contribution is -2.26. The van der Waals surface area contributed by atoms with E-state index in [1.54, 1.807) is 13.8 Å². The third kappa shape index (κ3) is 3.90. The number of carbonyl (C=O) groups is 2. The molecule has 0 aromatic carbocycles. The number of nitrogens with one attached hydrogen (secondary N) is 1. The molecular weight excluding hydrogens is 252 g/mol. The van der Waals surface area contributed by atoms with Crippen molar-refractivity contribution in [2.24, 2.45) is 0 Å². The SMILES string of the molecule is CCOC(=O)Cc1c(C(=O)OCC)nc(C)[nH]c1=O. The minimum absolute atomic E-state index is 0.0394. The van der Waals surface area contributed by atoms with Crippen LogP contribution in [0.4, 0.5) is 0 Å². The van der Waals surface area contributed by atoms with Gasteiger partial charge in [0, 0.05) is 0 Å². The van der Waals surface area contributed by atoms with Crippen LogP contribution >= 0.6 is 0 Å². The van der Waals surface area contributed by atoms with Crippen molar-refractivity contribution < 1.29 is 19.1 Å². The van der Waals surface area contributed by atoms with Crippen LogP contribution in [0.25, 0.3) is 0 Å². The summed E-state index contributed by atoms with van der Waals surface area (Å²) in [6.07, 6.45) is -0.315. The first kappa shape index (κ1) is 14.9. The van der Waals surface area contributed by atoms with Crippen LogP contribution in [0.5, 0.6) is 0 Å². The molecule has 0 aliphatic rings. The molecule has 0 unspecified atom stereocenters. The van der Waals surface area contributed by atoms with Gasteiger partial charge in [-0.25, -0.2) is 9.78 Å². The van der Waals surface area contributed by atoms with E-state index in [0.717, 1.165) is 0 Å². The molecule has 0 radical (unpaired) electrons. The number of rotatable bonds is 5. The lowest BCUT2D eigenvalue weighted by atomic mass is 10.1. The average Bonchev–Trinajstić information content (AvgIpc) is 2.33. The molecule has 0 bridgehead atoms. The predicted molar refractivity (Wildman–Crippen MR) is 65.9 cm³/mol. The molecule has 19 heavy (non-hydrogen) atoms. The summed E-state index contributed by atoms with van der Waals surface area (Å²) in [5.41, 5.74) is -0.720. The van der Waals surface area contributed by atoms with Crippen molar-refractivity contribution in [3.63, 3.8) is 0 Å². The van der Waals surface area contributed by atoms with E-state index in [0.29, 0.717) is 0 Å². The van der Waals surface area contributed by atoms with Gasteiger partial charge in [0.1, 0.15) is 5.82 Å². The summed E-state index contributed by atoms with van der Waals surface area (Å²) < 4.78 is 9.57. The summed E-state index contributed by atoms with van der Waals surface area (Å²) in [6.45, 7) is 5.19. The van der Waals surface area contributed by atoms with Crippen LogP contribution in [0, 0.1) is 6.92 Å². The second kappa shape index (κ2) is 6.67. The van der Waals surface area contributed by atoms with Crippen LogP contribution < -0.4 is 5.56 Å². The fourth-order valence-electron chi connectivity index (χ4n) is 1.50. The number of carbonyl (C=O) groups excluding carboxylic acids is 2. The third-order valence-electron chi connectivity index (χ3n) is 2.23. The Balaban J connectivity index is 3.17. The average molecular weight is 268 g/mol. The van der Waals surface area contributed by atoms with Gasteiger partial charge in [-0.1, -0.05) is 0 Å². The maximum atomic E-state index is 11.8. The highest BCUT2D eigenvalue weighted by Gasteiger charge is 2.21. The standard InChI is InChI=1S/C12H16N2O5/c1-4-18-9(15)6-8-10(12(17)19-5-2)13-7(3)14-11(8)16/h4-6H2,1-3H3,(H,13,14,16). The fourth-order valence-corrected chi connectivity index (χ4v) is 1.50. The highest BCUT2D eigenvalue weighted by atomic mass is 16.5. The predicted octanol–water partition coefficient (Wildman–Crippen LogP) is 0.361. The largest absolute Gasteiger partial charge is 0.466 e. The van der Waals surface area contributed by atoms with Crippen LogP contribution in [0.1, 0.15) is 35.7 Å². The number of nitrogens with zero attached hydrogens (tertiary/aromatic N) is 1. The van der Waals surface area contributed by atoms with Gasteiger partial charge in [-0.05, 0) is 20.8 Å². The topological polar surface area (TPSA) is 98.3 Å². The molecule has 1 rings (SSSR count). The van der Waals surface area contributed by atoms with Gasteiger partial charge in [0.2, 0.25) is 0 Å². The van der Waals surface area contributed by atoms with Gasteiger partial charge >= 0.3 is 11.9 Å².